The average Bonchev–Trinajstić information content (AvgIpc) is 3.24. The van der Waals surface area contributed by atoms with Crippen molar-refractivity contribution in [1.29, 1.82) is 0 Å². The van der Waals surface area contributed by atoms with E-state index in [0.717, 1.165) is 67.6 Å². The monoisotopic (exact) mass is 669 g/mol. The van der Waals surface area contributed by atoms with Crippen molar-refractivity contribution >= 4 is 33.9 Å². The maximum Gasteiger partial charge on any atom is 0.169 e. The molecule has 0 saturated carbocycles. The fraction of sp³-hybridized carbons (Fsp3) is 0.0426. The molecule has 2 heterocycles. The standard InChI is InChI=1S/C47H35N5/c1-5-16-33(17-6-1)41-31-42(34-18-7-2-8-19-34)49-47(48-41)40-30-29-32-15-13-14-24-39(32)43(40)35-25-27-38(28-26-35)46-51-44(36-20-9-3-10-21-36)50-45(52-46)37-22-11-4-12-23-37/h1-31,46-48H,(H,50,51,52). The Balaban J connectivity index is 1.14. The first-order chi connectivity index (χ1) is 25.8. The molecule has 0 radical (unpaired) electrons. The molecule has 9 rings (SSSR count). The Bertz CT molecular complexity index is 2430. The highest BCUT2D eigenvalue weighted by Gasteiger charge is 2.25. The van der Waals surface area contributed by atoms with E-state index in [-0.39, 0.29) is 6.17 Å². The van der Waals surface area contributed by atoms with Gasteiger partial charge < -0.3 is 10.6 Å². The van der Waals surface area contributed by atoms with Gasteiger partial charge in [0.2, 0.25) is 0 Å². The molecule has 0 aromatic heterocycles. The van der Waals surface area contributed by atoms with E-state index in [0.29, 0.717) is 0 Å². The first-order valence-electron chi connectivity index (χ1n) is 17.6. The van der Waals surface area contributed by atoms with Crippen LogP contribution in [0.1, 0.15) is 45.7 Å². The van der Waals surface area contributed by atoms with Crippen molar-refractivity contribution in [3.63, 3.8) is 0 Å². The normalized spacial score (nSPS) is 15.8. The number of aliphatic imine (C=N–C) groups is 3. The van der Waals surface area contributed by atoms with E-state index in [4.69, 9.17) is 15.0 Å². The predicted octanol–water partition coefficient (Wildman–Crippen LogP) is 10.1. The van der Waals surface area contributed by atoms with E-state index in [2.05, 4.69) is 150 Å². The Kier molecular flexibility index (Phi) is 8.27. The zero-order chi connectivity index (χ0) is 34.7. The SMILES string of the molecule is C1=C(c2ccccc2)NC(c2ccc3ccccc3c2-c2ccc(C3N=C(c4ccccc4)NC(c4ccccc4)=N3)cc2)N=C1c1ccccc1. The van der Waals surface area contributed by atoms with Crippen molar-refractivity contribution in [3.05, 3.63) is 221 Å². The molecule has 5 heteroatoms. The number of amidine groups is 2. The first kappa shape index (κ1) is 31.2. The van der Waals surface area contributed by atoms with Crippen molar-refractivity contribution in [2.45, 2.75) is 12.3 Å². The van der Waals surface area contributed by atoms with Crippen LogP contribution in [-0.2, 0) is 0 Å². The summed E-state index contributed by atoms with van der Waals surface area (Å²) in [6.45, 7) is 0. The van der Waals surface area contributed by atoms with Crippen molar-refractivity contribution in [1.82, 2.24) is 10.6 Å². The minimum absolute atomic E-state index is 0.310. The van der Waals surface area contributed by atoms with E-state index in [1.165, 1.54) is 10.8 Å². The second-order valence-electron chi connectivity index (χ2n) is 12.9. The third-order valence-electron chi connectivity index (χ3n) is 9.58. The highest BCUT2D eigenvalue weighted by molar-refractivity contribution is 6.16. The number of nitrogens with zero attached hydrogens (tertiary/aromatic N) is 3. The summed E-state index contributed by atoms with van der Waals surface area (Å²) in [5.74, 6) is 1.61. The molecule has 0 amide bonds. The molecule has 5 nitrogen and oxygen atoms in total. The lowest BCUT2D eigenvalue weighted by molar-refractivity contribution is 0.666. The topological polar surface area (TPSA) is 61.1 Å². The van der Waals surface area contributed by atoms with Crippen LogP contribution >= 0.6 is 0 Å². The van der Waals surface area contributed by atoms with Crippen LogP contribution in [0, 0.1) is 0 Å². The molecule has 52 heavy (non-hydrogen) atoms. The minimum atomic E-state index is -0.399. The quantitative estimate of drug-likeness (QED) is 0.177. The van der Waals surface area contributed by atoms with Gasteiger partial charge in [0.05, 0.1) is 5.71 Å². The lowest BCUT2D eigenvalue weighted by Gasteiger charge is -2.27. The first-order valence-corrected chi connectivity index (χ1v) is 17.6. The Labute approximate surface area is 303 Å². The number of hydrogen-bond donors (Lipinski definition) is 2. The van der Waals surface area contributed by atoms with Crippen molar-refractivity contribution in [2.24, 2.45) is 15.0 Å². The molecule has 1 unspecified atom stereocenters. The Hall–Kier alpha value is -6.85. The van der Waals surface area contributed by atoms with Crippen LogP contribution in [0.2, 0.25) is 0 Å². The molecule has 0 fully saturated rings. The van der Waals surface area contributed by atoms with Crippen LogP contribution in [0.4, 0.5) is 0 Å². The number of hydrogen-bond acceptors (Lipinski definition) is 5. The van der Waals surface area contributed by atoms with Gasteiger partial charge in [0.15, 0.2) is 6.17 Å². The number of benzene rings is 7. The van der Waals surface area contributed by atoms with Crippen LogP contribution in [0.5, 0.6) is 0 Å². The summed E-state index contributed by atoms with van der Waals surface area (Å²) in [6.07, 6.45) is 1.45. The number of fused-ring (bicyclic) bond motifs is 1. The van der Waals surface area contributed by atoms with Crippen molar-refractivity contribution in [3.8, 4) is 11.1 Å². The van der Waals surface area contributed by atoms with Gasteiger partial charge in [-0.1, -0.05) is 182 Å². The summed E-state index contributed by atoms with van der Waals surface area (Å²) in [7, 11) is 0. The second kappa shape index (κ2) is 13.8. The van der Waals surface area contributed by atoms with E-state index in [1.807, 2.05) is 48.5 Å². The maximum atomic E-state index is 5.34. The number of nitrogens with one attached hydrogen (secondary N) is 2. The fourth-order valence-corrected chi connectivity index (χ4v) is 6.98. The molecular weight excluding hydrogens is 635 g/mol. The summed E-state index contributed by atoms with van der Waals surface area (Å²) in [4.78, 5) is 15.5. The zero-order valence-electron chi connectivity index (χ0n) is 28.4. The highest BCUT2D eigenvalue weighted by Crippen LogP contribution is 2.39. The molecule has 1 atom stereocenters. The maximum absolute atomic E-state index is 5.34. The average molecular weight is 670 g/mol. The van der Waals surface area contributed by atoms with Gasteiger partial charge in [0, 0.05) is 22.4 Å². The molecule has 0 aliphatic carbocycles. The zero-order valence-corrected chi connectivity index (χ0v) is 28.4. The van der Waals surface area contributed by atoms with Crippen LogP contribution in [0.3, 0.4) is 0 Å². The Morgan fingerprint density at radius 1 is 0.423 bits per heavy atom. The third-order valence-corrected chi connectivity index (χ3v) is 9.58. The van der Waals surface area contributed by atoms with E-state index < -0.39 is 6.17 Å². The molecule has 7 aromatic rings. The molecule has 2 N–H and O–H groups in total. The van der Waals surface area contributed by atoms with Gasteiger partial charge in [-0.2, -0.15) is 0 Å². The van der Waals surface area contributed by atoms with Crippen LogP contribution in [-0.4, -0.2) is 17.4 Å². The molecule has 0 spiro atoms. The summed E-state index contributed by atoms with van der Waals surface area (Å²) >= 11 is 0. The van der Waals surface area contributed by atoms with E-state index in [1.54, 1.807) is 0 Å². The van der Waals surface area contributed by atoms with E-state index in [9.17, 15) is 0 Å². The summed E-state index contributed by atoms with van der Waals surface area (Å²) in [5.41, 5.74) is 10.6. The van der Waals surface area contributed by atoms with Crippen LogP contribution in [0.25, 0.3) is 27.6 Å². The van der Waals surface area contributed by atoms with Gasteiger partial charge in [-0.15, -0.1) is 0 Å². The number of allylic oxidation sites excluding steroid dienone is 1. The lowest BCUT2D eigenvalue weighted by atomic mass is 9.90. The van der Waals surface area contributed by atoms with Gasteiger partial charge in [-0.05, 0) is 44.7 Å². The molecule has 2 aliphatic heterocycles. The van der Waals surface area contributed by atoms with Crippen molar-refractivity contribution < 1.29 is 0 Å². The van der Waals surface area contributed by atoms with Gasteiger partial charge in [0.25, 0.3) is 0 Å². The second-order valence-corrected chi connectivity index (χ2v) is 12.9. The summed E-state index contributed by atoms with van der Waals surface area (Å²) in [5, 5.41) is 9.65. The number of rotatable bonds is 7. The Morgan fingerprint density at radius 2 is 0.962 bits per heavy atom. The minimum Gasteiger partial charge on any atom is -0.359 e. The van der Waals surface area contributed by atoms with Gasteiger partial charge in [-0.25, -0.2) is 9.98 Å². The van der Waals surface area contributed by atoms with Gasteiger partial charge in [-0.3, -0.25) is 4.99 Å². The highest BCUT2D eigenvalue weighted by atomic mass is 15.2. The predicted molar refractivity (Wildman–Crippen MR) is 214 cm³/mol. The molecule has 248 valence electrons. The van der Waals surface area contributed by atoms with E-state index >= 15 is 0 Å². The largest absolute Gasteiger partial charge is 0.359 e. The fourth-order valence-electron chi connectivity index (χ4n) is 6.98. The smallest absolute Gasteiger partial charge is 0.169 e. The van der Waals surface area contributed by atoms with Crippen LogP contribution < -0.4 is 10.6 Å². The van der Waals surface area contributed by atoms with Crippen molar-refractivity contribution in [2.75, 3.05) is 0 Å². The van der Waals surface area contributed by atoms with Gasteiger partial charge >= 0.3 is 0 Å². The third kappa shape index (κ3) is 6.21. The summed E-state index contributed by atoms with van der Waals surface area (Å²) < 4.78 is 0. The molecular formula is C47H35N5. The molecule has 7 aromatic carbocycles. The molecule has 2 aliphatic rings. The van der Waals surface area contributed by atoms with Gasteiger partial charge in [0.1, 0.15) is 17.8 Å². The van der Waals surface area contributed by atoms with Crippen LogP contribution in [0.15, 0.2) is 203 Å². The molecule has 0 bridgehead atoms. The lowest BCUT2D eigenvalue weighted by Crippen LogP contribution is -2.35. The Morgan fingerprint density at radius 3 is 1.58 bits per heavy atom. The molecule has 0 saturated heterocycles. The summed E-state index contributed by atoms with van der Waals surface area (Å²) in [6, 6.07) is 63.1.